The van der Waals surface area contributed by atoms with Crippen molar-refractivity contribution in [3.63, 3.8) is 0 Å². The van der Waals surface area contributed by atoms with Crippen molar-refractivity contribution in [3.8, 4) is 11.1 Å². The van der Waals surface area contributed by atoms with Gasteiger partial charge in [0.1, 0.15) is 17.0 Å². The summed E-state index contributed by atoms with van der Waals surface area (Å²) in [7, 11) is 0. The van der Waals surface area contributed by atoms with Crippen LogP contribution in [0.4, 0.5) is 19.1 Å². The van der Waals surface area contributed by atoms with Crippen LogP contribution in [-0.2, 0) is 6.54 Å². The van der Waals surface area contributed by atoms with Gasteiger partial charge in [0.05, 0.1) is 17.7 Å². The zero-order valence-electron chi connectivity index (χ0n) is 18.4. The summed E-state index contributed by atoms with van der Waals surface area (Å²) in [4.78, 5) is 16.2. The lowest BCUT2D eigenvalue weighted by molar-refractivity contribution is 0.0195. The number of imidazole rings is 1. The Morgan fingerprint density at radius 3 is 2.76 bits per heavy atom. The Morgan fingerprint density at radius 2 is 2.03 bits per heavy atom. The highest BCUT2D eigenvalue weighted by Gasteiger charge is 2.29. The molecule has 0 unspecified atom stereocenters. The van der Waals surface area contributed by atoms with Gasteiger partial charge in [0.25, 0.3) is 6.43 Å². The summed E-state index contributed by atoms with van der Waals surface area (Å²) >= 11 is 0. The van der Waals surface area contributed by atoms with Gasteiger partial charge in [-0.3, -0.25) is 0 Å². The van der Waals surface area contributed by atoms with E-state index in [0.29, 0.717) is 39.4 Å². The first kappa shape index (κ1) is 21.7. The molecule has 174 valence electrons. The maximum atomic E-state index is 14.8. The highest BCUT2D eigenvalue weighted by atomic mass is 19.3. The molecule has 0 saturated heterocycles. The average molecular weight is 458 g/mol. The Balaban J connectivity index is 1.47. The number of H-pyrrole nitrogens is 1. The Bertz CT molecular complexity index is 1320. The molecular formula is C23H25F3N6O. The Morgan fingerprint density at radius 1 is 1.27 bits per heavy atom. The zero-order chi connectivity index (χ0) is 23.3. The third kappa shape index (κ3) is 4.15. The predicted octanol–water partition coefficient (Wildman–Crippen LogP) is 4.79. The van der Waals surface area contributed by atoms with Crippen LogP contribution in [0.15, 0.2) is 24.5 Å². The second-order valence-corrected chi connectivity index (χ2v) is 9.06. The summed E-state index contributed by atoms with van der Waals surface area (Å²) in [6, 6.07) is 3.21. The van der Waals surface area contributed by atoms with Crippen LogP contribution < -0.4 is 5.32 Å². The van der Waals surface area contributed by atoms with Gasteiger partial charge >= 0.3 is 0 Å². The first-order chi connectivity index (χ1) is 15.7. The van der Waals surface area contributed by atoms with Crippen molar-refractivity contribution in [1.29, 1.82) is 0 Å². The number of hydrogen-bond donors (Lipinski definition) is 3. The fourth-order valence-electron chi connectivity index (χ4n) is 4.60. The molecule has 5 rings (SSSR count). The van der Waals surface area contributed by atoms with E-state index in [1.807, 2.05) is 6.92 Å². The van der Waals surface area contributed by atoms with E-state index in [1.165, 1.54) is 10.6 Å². The molecule has 0 bridgehead atoms. The molecule has 7 nitrogen and oxygen atoms in total. The Labute approximate surface area is 188 Å². The number of nitrogens with zero attached hydrogens (tertiary/aromatic N) is 4. The number of rotatable bonds is 5. The first-order valence-corrected chi connectivity index (χ1v) is 11.0. The molecular weight excluding hydrogens is 433 g/mol. The third-order valence-corrected chi connectivity index (χ3v) is 6.46. The normalized spacial score (nSPS) is 21.4. The molecule has 1 aromatic carbocycles. The van der Waals surface area contributed by atoms with E-state index in [4.69, 9.17) is 0 Å². The lowest BCUT2D eigenvalue weighted by Crippen LogP contribution is -2.36. The molecule has 3 heterocycles. The van der Waals surface area contributed by atoms with Gasteiger partial charge in [-0.25, -0.2) is 23.1 Å². The number of halogens is 3. The Hall–Kier alpha value is -3.14. The van der Waals surface area contributed by atoms with E-state index in [1.54, 1.807) is 25.4 Å². The summed E-state index contributed by atoms with van der Waals surface area (Å²) in [5, 5.41) is 14.1. The number of aliphatic hydroxyl groups is 1. The van der Waals surface area contributed by atoms with Gasteiger partial charge in [0.2, 0.25) is 5.95 Å². The number of fused-ring (bicyclic) bond motifs is 2. The summed E-state index contributed by atoms with van der Waals surface area (Å²) in [5.74, 6) is 0.249. The lowest BCUT2D eigenvalue weighted by Gasteiger charge is -2.33. The molecule has 3 aromatic heterocycles. The average Bonchev–Trinajstić information content (AvgIpc) is 3.31. The quantitative estimate of drug-likeness (QED) is 0.400. The van der Waals surface area contributed by atoms with E-state index < -0.39 is 24.4 Å². The van der Waals surface area contributed by atoms with E-state index >= 15 is 0 Å². The molecule has 1 aliphatic rings. The van der Waals surface area contributed by atoms with Crippen LogP contribution in [0.3, 0.4) is 0 Å². The fourth-order valence-corrected chi connectivity index (χ4v) is 4.60. The molecule has 0 radical (unpaired) electrons. The van der Waals surface area contributed by atoms with Crippen LogP contribution in [0, 0.1) is 12.7 Å². The largest absolute Gasteiger partial charge is 0.390 e. The van der Waals surface area contributed by atoms with Crippen molar-refractivity contribution in [2.45, 2.75) is 64.1 Å². The minimum atomic E-state index is -2.57. The summed E-state index contributed by atoms with van der Waals surface area (Å²) < 4.78 is 42.3. The fraction of sp³-hybridized carbons (Fsp3) is 0.435. The molecule has 0 atom stereocenters. The van der Waals surface area contributed by atoms with Crippen LogP contribution in [0.5, 0.6) is 0 Å². The van der Waals surface area contributed by atoms with Crippen LogP contribution in [0.2, 0.25) is 0 Å². The van der Waals surface area contributed by atoms with Gasteiger partial charge in [0.15, 0.2) is 5.82 Å². The molecule has 1 saturated carbocycles. The van der Waals surface area contributed by atoms with E-state index in [-0.39, 0.29) is 11.6 Å². The van der Waals surface area contributed by atoms with Gasteiger partial charge in [-0.2, -0.15) is 4.98 Å². The standard InChI is InChI=1S/C23H25F3N6O/c1-12-29-20-17(24)7-13(8-18(20)32(12)11-19(25)26)15-9-27-21-16(15)10-28-22(31-21)30-14-3-5-23(2,33)6-4-14/h7-10,14,19,33H,3-6,11H2,1-2H3,(H2,27,28,30,31)/t14-,23-. The van der Waals surface area contributed by atoms with Crippen molar-refractivity contribution < 1.29 is 18.3 Å². The van der Waals surface area contributed by atoms with Crippen molar-refractivity contribution in [2.75, 3.05) is 5.32 Å². The minimum absolute atomic E-state index is 0.0749. The molecule has 0 amide bonds. The molecule has 1 fully saturated rings. The smallest absolute Gasteiger partial charge is 0.256 e. The van der Waals surface area contributed by atoms with Crippen molar-refractivity contribution >= 4 is 28.0 Å². The third-order valence-electron chi connectivity index (χ3n) is 6.46. The second kappa shape index (κ2) is 8.02. The molecule has 33 heavy (non-hydrogen) atoms. The highest BCUT2D eigenvalue weighted by molar-refractivity contribution is 5.96. The SMILES string of the molecule is Cc1nc2c(F)cc(-c3c[nH]c4nc(N[C@H]5CC[C@](C)(O)CC5)ncc34)cc2n1CC(F)F. The number of aromatic amines is 1. The van der Waals surface area contributed by atoms with Gasteiger partial charge in [-0.05, 0) is 57.2 Å². The molecule has 10 heteroatoms. The van der Waals surface area contributed by atoms with Gasteiger partial charge in [-0.15, -0.1) is 0 Å². The zero-order valence-corrected chi connectivity index (χ0v) is 18.4. The number of hydrogen-bond acceptors (Lipinski definition) is 5. The highest BCUT2D eigenvalue weighted by Crippen LogP contribution is 2.33. The van der Waals surface area contributed by atoms with Gasteiger partial charge in [0, 0.05) is 29.4 Å². The molecule has 4 aromatic rings. The number of aryl methyl sites for hydroxylation is 1. The Kier molecular flexibility index (Phi) is 5.27. The van der Waals surface area contributed by atoms with Crippen LogP contribution in [0.25, 0.3) is 33.2 Å². The van der Waals surface area contributed by atoms with Crippen LogP contribution in [0.1, 0.15) is 38.4 Å². The molecule has 0 aliphatic heterocycles. The summed E-state index contributed by atoms with van der Waals surface area (Å²) in [6.07, 6.45) is 3.90. The topological polar surface area (TPSA) is 91.7 Å². The first-order valence-electron chi connectivity index (χ1n) is 11.0. The lowest BCUT2D eigenvalue weighted by atomic mass is 9.84. The van der Waals surface area contributed by atoms with Crippen molar-refractivity contribution in [2.24, 2.45) is 0 Å². The predicted molar refractivity (Wildman–Crippen MR) is 120 cm³/mol. The number of benzene rings is 1. The maximum absolute atomic E-state index is 14.8. The van der Waals surface area contributed by atoms with Gasteiger partial charge in [-0.1, -0.05) is 0 Å². The molecule has 3 N–H and O–H groups in total. The monoisotopic (exact) mass is 458 g/mol. The number of aromatic nitrogens is 5. The number of alkyl halides is 2. The minimum Gasteiger partial charge on any atom is -0.390 e. The van der Waals surface area contributed by atoms with Crippen molar-refractivity contribution in [1.82, 2.24) is 24.5 Å². The molecule has 0 spiro atoms. The number of nitrogens with one attached hydrogen (secondary N) is 2. The van der Waals surface area contributed by atoms with Crippen LogP contribution >= 0.6 is 0 Å². The number of anilines is 1. The van der Waals surface area contributed by atoms with E-state index in [0.717, 1.165) is 25.7 Å². The second-order valence-electron chi connectivity index (χ2n) is 9.06. The van der Waals surface area contributed by atoms with Crippen LogP contribution in [-0.4, -0.2) is 47.7 Å². The van der Waals surface area contributed by atoms with E-state index in [2.05, 4.69) is 25.3 Å². The summed E-state index contributed by atoms with van der Waals surface area (Å²) in [6.45, 7) is 2.89. The van der Waals surface area contributed by atoms with Gasteiger partial charge < -0.3 is 20.0 Å². The molecule has 1 aliphatic carbocycles. The summed E-state index contributed by atoms with van der Waals surface area (Å²) in [5.41, 5.74) is 1.57. The van der Waals surface area contributed by atoms with E-state index in [9.17, 15) is 18.3 Å². The maximum Gasteiger partial charge on any atom is 0.256 e. The van der Waals surface area contributed by atoms with Crippen molar-refractivity contribution in [3.05, 3.63) is 36.2 Å².